The van der Waals surface area contributed by atoms with Crippen molar-refractivity contribution in [2.24, 2.45) is 17.8 Å². The Morgan fingerprint density at radius 3 is 2.27 bits per heavy atom. The normalized spacial score (nSPS) is 31.8. The lowest BCUT2D eigenvalue weighted by molar-refractivity contribution is -0.123. The number of imide groups is 1. The smallest absolute Gasteiger partial charge is 0.338 e. The SMILES string of the molecule is O=C(COC(=O)c1ccc(OC[C@H]2CCCO2)cc1)NC(=O)NC12CC3CC(CC(C3)C1)C2. The molecule has 5 fully saturated rings. The Morgan fingerprint density at radius 1 is 1.00 bits per heavy atom. The molecule has 0 radical (unpaired) electrons. The zero-order chi connectivity index (χ0) is 22.8. The van der Waals surface area contributed by atoms with Crippen molar-refractivity contribution in [3.05, 3.63) is 29.8 Å². The average Bonchev–Trinajstić information content (AvgIpc) is 3.29. The van der Waals surface area contributed by atoms with Crippen LogP contribution in [-0.4, -0.2) is 49.4 Å². The van der Waals surface area contributed by atoms with E-state index in [0.29, 0.717) is 35.7 Å². The summed E-state index contributed by atoms with van der Waals surface area (Å²) in [5.41, 5.74) is 0.133. The molecule has 5 aliphatic rings. The van der Waals surface area contributed by atoms with Gasteiger partial charge in [-0.05, 0) is 93.4 Å². The number of hydrogen-bond acceptors (Lipinski definition) is 6. The molecule has 4 bridgehead atoms. The largest absolute Gasteiger partial charge is 0.491 e. The molecular weight excluding hydrogens is 424 g/mol. The van der Waals surface area contributed by atoms with Gasteiger partial charge in [0.1, 0.15) is 12.4 Å². The average molecular weight is 457 g/mol. The fourth-order valence-electron chi connectivity index (χ4n) is 6.57. The summed E-state index contributed by atoms with van der Waals surface area (Å²) in [6.45, 7) is 0.746. The summed E-state index contributed by atoms with van der Waals surface area (Å²) in [5.74, 6) is 1.46. The number of carbonyl (C=O) groups excluding carboxylic acids is 3. The molecule has 3 amide bonds. The molecule has 4 saturated carbocycles. The fraction of sp³-hybridized carbons (Fsp3) is 0.640. The summed E-state index contributed by atoms with van der Waals surface area (Å²) < 4.78 is 16.3. The van der Waals surface area contributed by atoms with Crippen molar-refractivity contribution in [1.82, 2.24) is 10.6 Å². The van der Waals surface area contributed by atoms with Gasteiger partial charge in [-0.25, -0.2) is 9.59 Å². The zero-order valence-electron chi connectivity index (χ0n) is 18.8. The first-order valence-corrected chi connectivity index (χ1v) is 12.1. The first kappa shape index (κ1) is 22.2. The minimum absolute atomic E-state index is 0.119. The topological polar surface area (TPSA) is 103 Å². The molecule has 0 unspecified atom stereocenters. The van der Waals surface area contributed by atoms with E-state index >= 15 is 0 Å². The van der Waals surface area contributed by atoms with Crippen molar-refractivity contribution in [3.63, 3.8) is 0 Å². The third-order valence-electron chi connectivity index (χ3n) is 7.55. The minimum atomic E-state index is -0.637. The molecule has 2 N–H and O–H groups in total. The van der Waals surface area contributed by atoms with E-state index in [1.54, 1.807) is 24.3 Å². The van der Waals surface area contributed by atoms with Gasteiger partial charge < -0.3 is 19.5 Å². The Kier molecular flexibility index (Phi) is 6.27. The molecule has 1 aromatic rings. The molecule has 1 aromatic carbocycles. The van der Waals surface area contributed by atoms with Crippen molar-refractivity contribution in [1.29, 1.82) is 0 Å². The van der Waals surface area contributed by atoms with Gasteiger partial charge >= 0.3 is 12.0 Å². The molecule has 8 nitrogen and oxygen atoms in total. The van der Waals surface area contributed by atoms with Crippen molar-refractivity contribution in [2.45, 2.75) is 63.0 Å². The fourth-order valence-corrected chi connectivity index (χ4v) is 6.57. The highest BCUT2D eigenvalue weighted by atomic mass is 16.5. The molecule has 33 heavy (non-hydrogen) atoms. The standard InChI is InChI=1S/C25H32N2O6/c28-22(26-24(30)27-25-11-16-8-17(12-25)10-18(9-16)13-25)15-33-23(29)19-3-5-20(6-4-19)32-14-21-2-1-7-31-21/h3-6,16-18,21H,1-2,7-15H2,(H2,26,27,28,30)/t16?,17?,18?,21-,25?/m1/s1. The maximum absolute atomic E-state index is 12.4. The van der Waals surface area contributed by atoms with E-state index in [2.05, 4.69) is 10.6 Å². The van der Waals surface area contributed by atoms with Crippen LogP contribution in [0.25, 0.3) is 0 Å². The van der Waals surface area contributed by atoms with Gasteiger partial charge in [0.25, 0.3) is 5.91 Å². The van der Waals surface area contributed by atoms with Crippen LogP contribution in [0, 0.1) is 17.8 Å². The van der Waals surface area contributed by atoms with Crippen LogP contribution in [0.3, 0.4) is 0 Å². The van der Waals surface area contributed by atoms with Crippen molar-refractivity contribution in [2.75, 3.05) is 19.8 Å². The molecule has 178 valence electrons. The minimum Gasteiger partial charge on any atom is -0.491 e. The number of benzene rings is 1. The first-order valence-electron chi connectivity index (χ1n) is 12.1. The maximum atomic E-state index is 12.4. The summed E-state index contributed by atoms with van der Waals surface area (Å²) >= 11 is 0. The van der Waals surface area contributed by atoms with Gasteiger partial charge in [-0.3, -0.25) is 10.1 Å². The van der Waals surface area contributed by atoms with E-state index < -0.39 is 24.5 Å². The van der Waals surface area contributed by atoms with Crippen LogP contribution in [0.2, 0.25) is 0 Å². The van der Waals surface area contributed by atoms with Gasteiger partial charge in [0.05, 0.1) is 11.7 Å². The van der Waals surface area contributed by atoms with E-state index in [-0.39, 0.29) is 11.6 Å². The summed E-state index contributed by atoms with van der Waals surface area (Å²) in [7, 11) is 0. The Morgan fingerprint density at radius 2 is 1.67 bits per heavy atom. The molecule has 1 atom stereocenters. The van der Waals surface area contributed by atoms with E-state index in [9.17, 15) is 14.4 Å². The Labute approximate surface area is 193 Å². The number of esters is 1. The molecule has 1 saturated heterocycles. The highest BCUT2D eigenvalue weighted by Gasteiger charge is 2.51. The molecule has 0 aromatic heterocycles. The molecule has 0 spiro atoms. The lowest BCUT2D eigenvalue weighted by Crippen LogP contribution is -2.62. The predicted octanol–water partition coefficient (Wildman–Crippen LogP) is 3.20. The third kappa shape index (κ3) is 5.32. The monoisotopic (exact) mass is 456 g/mol. The first-order chi connectivity index (χ1) is 16.0. The Balaban J connectivity index is 1.04. The van der Waals surface area contributed by atoms with Gasteiger partial charge in [0.2, 0.25) is 0 Å². The molecule has 1 aliphatic heterocycles. The van der Waals surface area contributed by atoms with Crippen molar-refractivity contribution < 1.29 is 28.6 Å². The van der Waals surface area contributed by atoms with Gasteiger partial charge in [-0.1, -0.05) is 0 Å². The van der Waals surface area contributed by atoms with E-state index in [1.165, 1.54) is 19.3 Å². The highest BCUT2D eigenvalue weighted by molar-refractivity contribution is 5.97. The second-order valence-electron chi connectivity index (χ2n) is 10.2. The van der Waals surface area contributed by atoms with Crippen LogP contribution >= 0.6 is 0 Å². The Hall–Kier alpha value is -2.61. The van der Waals surface area contributed by atoms with Crippen LogP contribution in [0.15, 0.2) is 24.3 Å². The van der Waals surface area contributed by atoms with Gasteiger partial charge in [-0.15, -0.1) is 0 Å². The Bertz CT molecular complexity index is 857. The van der Waals surface area contributed by atoms with Crippen molar-refractivity contribution >= 4 is 17.9 Å². The van der Waals surface area contributed by atoms with E-state index in [1.807, 2.05) is 0 Å². The van der Waals surface area contributed by atoms with Gasteiger partial charge in [0.15, 0.2) is 6.61 Å². The second-order valence-corrected chi connectivity index (χ2v) is 10.2. The van der Waals surface area contributed by atoms with Gasteiger partial charge in [0, 0.05) is 12.1 Å². The number of hydrogen-bond donors (Lipinski definition) is 2. The quantitative estimate of drug-likeness (QED) is 0.611. The van der Waals surface area contributed by atoms with Crippen LogP contribution < -0.4 is 15.4 Å². The highest BCUT2D eigenvalue weighted by Crippen LogP contribution is 2.55. The molecule has 6 rings (SSSR count). The van der Waals surface area contributed by atoms with Crippen LogP contribution in [0.4, 0.5) is 4.79 Å². The lowest BCUT2D eigenvalue weighted by Gasteiger charge is -2.56. The summed E-state index contributed by atoms with van der Waals surface area (Å²) in [5, 5.41) is 5.40. The number of amides is 3. The lowest BCUT2D eigenvalue weighted by atomic mass is 9.53. The number of nitrogens with one attached hydrogen (secondary N) is 2. The second kappa shape index (κ2) is 9.33. The summed E-state index contributed by atoms with van der Waals surface area (Å²) in [6, 6.07) is 6.05. The number of carbonyl (C=O) groups is 3. The van der Waals surface area contributed by atoms with Crippen LogP contribution in [-0.2, 0) is 14.3 Å². The zero-order valence-corrected chi connectivity index (χ0v) is 18.8. The predicted molar refractivity (Wildman–Crippen MR) is 119 cm³/mol. The third-order valence-corrected chi connectivity index (χ3v) is 7.55. The number of ether oxygens (including phenoxy) is 3. The molecule has 1 heterocycles. The van der Waals surface area contributed by atoms with Gasteiger partial charge in [-0.2, -0.15) is 0 Å². The van der Waals surface area contributed by atoms with E-state index in [4.69, 9.17) is 14.2 Å². The number of rotatable bonds is 7. The van der Waals surface area contributed by atoms with Crippen LogP contribution in [0.1, 0.15) is 61.7 Å². The van der Waals surface area contributed by atoms with Crippen LogP contribution in [0.5, 0.6) is 5.75 Å². The van der Waals surface area contributed by atoms with Crippen molar-refractivity contribution in [3.8, 4) is 5.75 Å². The maximum Gasteiger partial charge on any atom is 0.338 e. The van der Waals surface area contributed by atoms with E-state index in [0.717, 1.165) is 38.7 Å². The molecular formula is C25H32N2O6. The molecule has 4 aliphatic carbocycles. The summed E-state index contributed by atoms with van der Waals surface area (Å²) in [6.07, 6.45) is 9.00. The summed E-state index contributed by atoms with van der Waals surface area (Å²) in [4.78, 5) is 36.8. The molecule has 8 heteroatoms. The number of urea groups is 1.